The number of carbonyl (C=O) groups excluding carboxylic acids is 1. The van der Waals surface area contributed by atoms with Crippen LogP contribution in [-0.4, -0.2) is 49.1 Å². The molecule has 1 amide bonds. The fraction of sp³-hybridized carbons (Fsp3) is 0.304. The molecular weight excluding hydrogens is 382 g/mol. The van der Waals surface area contributed by atoms with Crippen LogP contribution in [0.4, 0.5) is 5.69 Å². The Morgan fingerprint density at radius 1 is 1.17 bits per heavy atom. The summed E-state index contributed by atoms with van der Waals surface area (Å²) >= 11 is 1.66. The molecule has 5 nitrogen and oxygen atoms in total. The van der Waals surface area contributed by atoms with Crippen molar-refractivity contribution >= 4 is 22.9 Å². The van der Waals surface area contributed by atoms with Crippen LogP contribution in [0.2, 0.25) is 0 Å². The third-order valence-corrected chi connectivity index (χ3v) is 5.83. The minimum absolute atomic E-state index is 0.000422. The van der Waals surface area contributed by atoms with Gasteiger partial charge >= 0.3 is 0 Å². The zero-order valence-corrected chi connectivity index (χ0v) is 17.8. The molecular formula is C23H25N3O2S. The largest absolute Gasteiger partial charge is 0.479 e. The van der Waals surface area contributed by atoms with E-state index in [1.165, 1.54) is 5.56 Å². The highest BCUT2D eigenvalue weighted by atomic mass is 32.1. The van der Waals surface area contributed by atoms with Crippen LogP contribution in [0.5, 0.6) is 5.75 Å². The predicted molar refractivity (Wildman–Crippen MR) is 118 cm³/mol. The number of rotatable bonds is 6. The van der Waals surface area contributed by atoms with Gasteiger partial charge in [0.15, 0.2) is 6.10 Å². The van der Waals surface area contributed by atoms with Gasteiger partial charge in [-0.2, -0.15) is 0 Å². The SMILES string of the molecule is CC1Oc2ccc(-c3csc(Cc4ccccc4)n3)cc2N(CCN(C)C)C1=O. The number of aromatic nitrogens is 1. The number of hydrogen-bond acceptors (Lipinski definition) is 5. The molecule has 0 saturated carbocycles. The molecule has 0 fully saturated rings. The second-order valence-electron chi connectivity index (χ2n) is 7.52. The van der Waals surface area contributed by atoms with E-state index in [-0.39, 0.29) is 5.91 Å². The molecule has 0 aliphatic carbocycles. The highest BCUT2D eigenvalue weighted by molar-refractivity contribution is 7.10. The van der Waals surface area contributed by atoms with Gasteiger partial charge in [-0.15, -0.1) is 11.3 Å². The van der Waals surface area contributed by atoms with Gasteiger partial charge in [0.2, 0.25) is 0 Å². The number of carbonyl (C=O) groups is 1. The molecule has 150 valence electrons. The Morgan fingerprint density at radius 2 is 1.97 bits per heavy atom. The second kappa shape index (κ2) is 8.35. The first-order valence-electron chi connectivity index (χ1n) is 9.77. The average Bonchev–Trinajstić information content (AvgIpc) is 3.17. The Bertz CT molecular complexity index is 1000. The number of ether oxygens (including phenoxy) is 1. The second-order valence-corrected chi connectivity index (χ2v) is 8.47. The van der Waals surface area contributed by atoms with Gasteiger partial charge in [-0.25, -0.2) is 4.98 Å². The van der Waals surface area contributed by atoms with Gasteiger partial charge in [0, 0.05) is 30.5 Å². The Labute approximate surface area is 175 Å². The van der Waals surface area contributed by atoms with Crippen molar-refractivity contribution in [2.75, 3.05) is 32.1 Å². The summed E-state index contributed by atoms with van der Waals surface area (Å²) in [5, 5.41) is 3.16. The Hall–Kier alpha value is -2.70. The lowest BCUT2D eigenvalue weighted by Gasteiger charge is -2.34. The Kier molecular flexibility index (Phi) is 5.65. The van der Waals surface area contributed by atoms with Crippen LogP contribution in [0, 0.1) is 0 Å². The third-order valence-electron chi connectivity index (χ3n) is 4.98. The number of nitrogens with zero attached hydrogens (tertiary/aromatic N) is 3. The van der Waals surface area contributed by atoms with Crippen LogP contribution in [-0.2, 0) is 11.2 Å². The Balaban J connectivity index is 1.61. The quantitative estimate of drug-likeness (QED) is 0.618. The van der Waals surface area contributed by atoms with Crippen LogP contribution in [0.3, 0.4) is 0 Å². The minimum atomic E-state index is -0.466. The summed E-state index contributed by atoms with van der Waals surface area (Å²) < 4.78 is 5.83. The zero-order chi connectivity index (χ0) is 20.4. The van der Waals surface area contributed by atoms with E-state index < -0.39 is 6.10 Å². The highest BCUT2D eigenvalue weighted by Crippen LogP contribution is 2.37. The van der Waals surface area contributed by atoms with Gasteiger partial charge in [0.1, 0.15) is 5.75 Å². The van der Waals surface area contributed by atoms with Crippen LogP contribution >= 0.6 is 11.3 Å². The zero-order valence-electron chi connectivity index (χ0n) is 17.0. The van der Waals surface area contributed by atoms with Crippen LogP contribution in [0.25, 0.3) is 11.3 Å². The molecule has 0 N–H and O–H groups in total. The van der Waals surface area contributed by atoms with Crippen molar-refractivity contribution in [2.24, 2.45) is 0 Å². The summed E-state index contributed by atoms with van der Waals surface area (Å²) in [6.45, 7) is 3.23. The van der Waals surface area contributed by atoms with Crippen molar-refractivity contribution < 1.29 is 9.53 Å². The van der Waals surface area contributed by atoms with Gasteiger partial charge in [0.05, 0.1) is 16.4 Å². The molecule has 1 atom stereocenters. The van der Waals surface area contributed by atoms with Crippen molar-refractivity contribution in [1.82, 2.24) is 9.88 Å². The lowest BCUT2D eigenvalue weighted by Crippen LogP contribution is -2.46. The Morgan fingerprint density at radius 3 is 2.72 bits per heavy atom. The summed E-state index contributed by atoms with van der Waals surface area (Å²) in [4.78, 5) is 21.5. The van der Waals surface area contributed by atoms with E-state index in [9.17, 15) is 4.79 Å². The summed E-state index contributed by atoms with van der Waals surface area (Å²) in [6, 6.07) is 16.4. The molecule has 3 aromatic rings. The van der Waals surface area contributed by atoms with Gasteiger partial charge in [-0.05, 0) is 44.8 Å². The van der Waals surface area contributed by atoms with E-state index >= 15 is 0 Å². The van der Waals surface area contributed by atoms with Crippen molar-refractivity contribution in [2.45, 2.75) is 19.4 Å². The number of hydrogen-bond donors (Lipinski definition) is 0. The normalized spacial score (nSPS) is 16.1. The number of fused-ring (bicyclic) bond motifs is 1. The van der Waals surface area contributed by atoms with E-state index in [4.69, 9.17) is 9.72 Å². The molecule has 1 aliphatic heterocycles. The fourth-order valence-corrected chi connectivity index (χ4v) is 4.23. The van der Waals surface area contributed by atoms with E-state index in [0.717, 1.165) is 40.7 Å². The highest BCUT2D eigenvalue weighted by Gasteiger charge is 2.31. The van der Waals surface area contributed by atoms with Crippen LogP contribution in [0.1, 0.15) is 17.5 Å². The molecule has 0 bridgehead atoms. The summed E-state index contributed by atoms with van der Waals surface area (Å²) in [6.07, 6.45) is 0.358. The van der Waals surface area contributed by atoms with Gasteiger partial charge in [0.25, 0.3) is 5.91 Å². The first-order chi connectivity index (χ1) is 14.0. The molecule has 1 aliphatic rings. The maximum absolute atomic E-state index is 12.7. The van der Waals surface area contributed by atoms with Crippen LogP contribution in [0.15, 0.2) is 53.9 Å². The van der Waals surface area contributed by atoms with Gasteiger partial charge < -0.3 is 14.5 Å². The molecule has 6 heteroatoms. The number of benzene rings is 2. The fourth-order valence-electron chi connectivity index (χ4n) is 3.39. The van der Waals surface area contributed by atoms with Crippen molar-refractivity contribution in [3.63, 3.8) is 0 Å². The average molecular weight is 408 g/mol. The van der Waals surface area contributed by atoms with E-state index in [1.807, 2.05) is 55.4 Å². The molecule has 2 heterocycles. The molecule has 0 radical (unpaired) electrons. The third kappa shape index (κ3) is 4.33. The predicted octanol–water partition coefficient (Wildman–Crippen LogP) is 4.08. The maximum Gasteiger partial charge on any atom is 0.267 e. The number of anilines is 1. The van der Waals surface area contributed by atoms with Gasteiger partial charge in [-0.3, -0.25) is 4.79 Å². The smallest absolute Gasteiger partial charge is 0.267 e. The first-order valence-corrected chi connectivity index (χ1v) is 10.6. The number of likely N-dealkylation sites (N-methyl/N-ethyl adjacent to an activating group) is 1. The number of thiazole rings is 1. The molecule has 1 unspecified atom stereocenters. The molecule has 2 aromatic carbocycles. The minimum Gasteiger partial charge on any atom is -0.479 e. The van der Waals surface area contributed by atoms with Crippen molar-refractivity contribution in [1.29, 1.82) is 0 Å². The standard InChI is InChI=1S/C23H25N3O2S/c1-16-23(27)26(12-11-25(2)3)20-14-18(9-10-21(20)28-16)19-15-29-22(24-19)13-17-7-5-4-6-8-17/h4-10,14-16H,11-13H2,1-3H3. The monoisotopic (exact) mass is 407 g/mol. The van der Waals surface area contributed by atoms with E-state index in [1.54, 1.807) is 18.3 Å². The summed E-state index contributed by atoms with van der Waals surface area (Å²) in [5.74, 6) is 0.749. The summed E-state index contributed by atoms with van der Waals surface area (Å²) in [7, 11) is 4.02. The molecule has 29 heavy (non-hydrogen) atoms. The first kappa shape index (κ1) is 19.6. The molecule has 4 rings (SSSR count). The van der Waals surface area contributed by atoms with E-state index in [2.05, 4.69) is 22.4 Å². The van der Waals surface area contributed by atoms with Crippen molar-refractivity contribution in [3.05, 3.63) is 64.5 Å². The van der Waals surface area contributed by atoms with Crippen molar-refractivity contribution in [3.8, 4) is 17.0 Å². The lowest BCUT2D eigenvalue weighted by atomic mass is 10.1. The van der Waals surface area contributed by atoms with Crippen LogP contribution < -0.4 is 9.64 Å². The maximum atomic E-state index is 12.7. The summed E-state index contributed by atoms with van der Waals surface area (Å²) in [5.41, 5.74) is 4.01. The molecule has 0 spiro atoms. The lowest BCUT2D eigenvalue weighted by molar-refractivity contribution is -0.125. The topological polar surface area (TPSA) is 45.7 Å². The van der Waals surface area contributed by atoms with Gasteiger partial charge in [-0.1, -0.05) is 30.3 Å². The molecule has 0 saturated heterocycles. The van der Waals surface area contributed by atoms with E-state index in [0.29, 0.717) is 6.54 Å². The number of amides is 1. The molecule has 1 aromatic heterocycles.